The highest BCUT2D eigenvalue weighted by Crippen LogP contribution is 2.21. The summed E-state index contributed by atoms with van der Waals surface area (Å²) < 4.78 is 1.01. The summed E-state index contributed by atoms with van der Waals surface area (Å²) in [5, 5.41) is 7.01. The highest BCUT2D eigenvalue weighted by Gasteiger charge is 2.12. The molecule has 0 amide bonds. The third-order valence-electron chi connectivity index (χ3n) is 3.00. The second-order valence-electron chi connectivity index (χ2n) is 4.37. The minimum absolute atomic E-state index is 0.0542. The van der Waals surface area contributed by atoms with Crippen molar-refractivity contribution in [2.24, 2.45) is 0 Å². The molecule has 0 spiro atoms. The summed E-state index contributed by atoms with van der Waals surface area (Å²) in [6.07, 6.45) is 0. The summed E-state index contributed by atoms with van der Waals surface area (Å²) in [7, 11) is 0. The van der Waals surface area contributed by atoms with Crippen LogP contribution in [0.15, 0.2) is 65.1 Å². The molecule has 2 aromatic carbocycles. The Morgan fingerprint density at radius 1 is 1.00 bits per heavy atom. The Morgan fingerprint density at radius 3 is 2.40 bits per heavy atom. The number of nitrogens with zero attached hydrogens (tertiary/aromatic N) is 1. The summed E-state index contributed by atoms with van der Waals surface area (Å²) >= 11 is 3.39. The molecule has 0 fully saturated rings. The Hall–Kier alpha value is -2.20. The molecule has 0 bridgehead atoms. The van der Waals surface area contributed by atoms with Crippen LogP contribution in [0.2, 0.25) is 0 Å². The standard InChI is InChI=1S/C16H11BrN2O/c17-13-8-6-11(7-9-13)14-10-15(19-18-14)16(20)12-4-2-1-3-5-12/h1-10H,(H,18,19). The van der Waals surface area contributed by atoms with Gasteiger partial charge in [0, 0.05) is 15.6 Å². The van der Waals surface area contributed by atoms with Gasteiger partial charge in [-0.15, -0.1) is 0 Å². The van der Waals surface area contributed by atoms with Crippen LogP contribution in [0, 0.1) is 0 Å². The molecule has 0 aliphatic carbocycles. The van der Waals surface area contributed by atoms with E-state index in [1.54, 1.807) is 18.2 Å². The second-order valence-corrected chi connectivity index (χ2v) is 5.28. The number of hydrogen-bond acceptors (Lipinski definition) is 2. The van der Waals surface area contributed by atoms with E-state index in [1.807, 2.05) is 42.5 Å². The van der Waals surface area contributed by atoms with Gasteiger partial charge in [-0.1, -0.05) is 58.4 Å². The number of carbonyl (C=O) groups is 1. The Kier molecular flexibility index (Phi) is 3.48. The fourth-order valence-corrected chi connectivity index (χ4v) is 2.22. The molecular weight excluding hydrogens is 316 g/mol. The van der Waals surface area contributed by atoms with Gasteiger partial charge in [0.2, 0.25) is 5.78 Å². The molecule has 3 nitrogen and oxygen atoms in total. The van der Waals surface area contributed by atoms with Crippen molar-refractivity contribution in [2.45, 2.75) is 0 Å². The monoisotopic (exact) mass is 326 g/mol. The first kappa shape index (κ1) is 12.8. The van der Waals surface area contributed by atoms with Crippen LogP contribution in [0.3, 0.4) is 0 Å². The van der Waals surface area contributed by atoms with Crippen molar-refractivity contribution >= 4 is 21.7 Å². The molecule has 3 aromatic rings. The summed E-state index contributed by atoms with van der Waals surface area (Å²) in [4.78, 5) is 12.3. The number of benzene rings is 2. The zero-order valence-corrected chi connectivity index (χ0v) is 12.1. The lowest BCUT2D eigenvalue weighted by atomic mass is 10.1. The third-order valence-corrected chi connectivity index (χ3v) is 3.53. The number of aromatic amines is 1. The van der Waals surface area contributed by atoms with Gasteiger partial charge in [-0.25, -0.2) is 0 Å². The van der Waals surface area contributed by atoms with E-state index in [2.05, 4.69) is 26.1 Å². The minimum Gasteiger partial charge on any atom is -0.287 e. The maximum Gasteiger partial charge on any atom is 0.210 e. The number of aromatic nitrogens is 2. The average Bonchev–Trinajstić information content (AvgIpc) is 2.98. The van der Waals surface area contributed by atoms with Gasteiger partial charge in [0.25, 0.3) is 0 Å². The molecule has 0 unspecified atom stereocenters. The fraction of sp³-hybridized carbons (Fsp3) is 0. The molecule has 0 aliphatic heterocycles. The number of nitrogens with one attached hydrogen (secondary N) is 1. The lowest BCUT2D eigenvalue weighted by Crippen LogP contribution is -2.00. The van der Waals surface area contributed by atoms with Crippen LogP contribution in [0.1, 0.15) is 16.1 Å². The molecule has 1 N–H and O–H groups in total. The summed E-state index contributed by atoms with van der Waals surface area (Å²) in [5.41, 5.74) is 2.88. The van der Waals surface area contributed by atoms with E-state index in [0.29, 0.717) is 11.3 Å². The minimum atomic E-state index is -0.0542. The molecule has 0 saturated heterocycles. The Bertz CT molecular complexity index is 733. The molecule has 0 aliphatic rings. The largest absolute Gasteiger partial charge is 0.287 e. The molecular formula is C16H11BrN2O. The molecule has 3 rings (SSSR count). The number of ketones is 1. The molecule has 0 radical (unpaired) electrons. The lowest BCUT2D eigenvalue weighted by molar-refractivity contribution is 0.103. The van der Waals surface area contributed by atoms with Crippen molar-refractivity contribution in [3.8, 4) is 11.3 Å². The van der Waals surface area contributed by atoms with E-state index in [4.69, 9.17) is 0 Å². The van der Waals surface area contributed by atoms with Gasteiger partial charge >= 0.3 is 0 Å². The van der Waals surface area contributed by atoms with Crippen LogP contribution in [0.4, 0.5) is 0 Å². The average molecular weight is 327 g/mol. The second kappa shape index (κ2) is 5.43. The SMILES string of the molecule is O=C(c1ccccc1)c1cc(-c2ccc(Br)cc2)n[nH]1. The Morgan fingerprint density at radius 2 is 1.70 bits per heavy atom. The number of rotatable bonds is 3. The Balaban J connectivity index is 1.91. The normalized spacial score (nSPS) is 10.4. The number of H-pyrrole nitrogens is 1. The van der Waals surface area contributed by atoms with Crippen molar-refractivity contribution in [3.05, 3.63) is 76.4 Å². The van der Waals surface area contributed by atoms with Gasteiger partial charge in [-0.2, -0.15) is 5.10 Å². The Labute approximate surface area is 124 Å². The van der Waals surface area contributed by atoms with E-state index in [-0.39, 0.29) is 5.78 Å². The predicted octanol–water partition coefficient (Wildman–Crippen LogP) is 4.07. The van der Waals surface area contributed by atoms with Crippen molar-refractivity contribution in [3.63, 3.8) is 0 Å². The van der Waals surface area contributed by atoms with Gasteiger partial charge in [0.1, 0.15) is 5.69 Å². The summed E-state index contributed by atoms with van der Waals surface area (Å²) in [6, 6.07) is 18.7. The molecule has 20 heavy (non-hydrogen) atoms. The van der Waals surface area contributed by atoms with Crippen LogP contribution in [-0.4, -0.2) is 16.0 Å². The van der Waals surface area contributed by atoms with E-state index in [1.165, 1.54) is 0 Å². The van der Waals surface area contributed by atoms with Crippen LogP contribution in [-0.2, 0) is 0 Å². The van der Waals surface area contributed by atoms with Gasteiger partial charge in [-0.3, -0.25) is 9.89 Å². The molecule has 0 saturated carbocycles. The molecule has 1 heterocycles. The summed E-state index contributed by atoms with van der Waals surface area (Å²) in [5.74, 6) is -0.0542. The zero-order valence-electron chi connectivity index (χ0n) is 10.5. The van der Waals surface area contributed by atoms with Crippen molar-refractivity contribution in [1.82, 2.24) is 10.2 Å². The van der Waals surface area contributed by atoms with Crippen LogP contribution >= 0.6 is 15.9 Å². The molecule has 1 aromatic heterocycles. The topological polar surface area (TPSA) is 45.8 Å². The maximum atomic E-state index is 12.3. The van der Waals surface area contributed by atoms with Crippen molar-refractivity contribution in [2.75, 3.05) is 0 Å². The third kappa shape index (κ3) is 2.56. The van der Waals surface area contributed by atoms with Crippen LogP contribution < -0.4 is 0 Å². The number of hydrogen-bond donors (Lipinski definition) is 1. The van der Waals surface area contributed by atoms with Gasteiger partial charge < -0.3 is 0 Å². The van der Waals surface area contributed by atoms with Gasteiger partial charge in [0.15, 0.2) is 0 Å². The quantitative estimate of drug-likeness (QED) is 0.737. The molecule has 4 heteroatoms. The van der Waals surface area contributed by atoms with E-state index >= 15 is 0 Å². The van der Waals surface area contributed by atoms with Crippen molar-refractivity contribution < 1.29 is 4.79 Å². The zero-order chi connectivity index (χ0) is 13.9. The number of halogens is 1. The van der Waals surface area contributed by atoms with Crippen molar-refractivity contribution in [1.29, 1.82) is 0 Å². The van der Waals surface area contributed by atoms with Gasteiger partial charge in [0.05, 0.1) is 5.69 Å². The highest BCUT2D eigenvalue weighted by molar-refractivity contribution is 9.10. The first-order chi connectivity index (χ1) is 9.74. The first-order valence-electron chi connectivity index (χ1n) is 6.15. The van der Waals surface area contributed by atoms with E-state index < -0.39 is 0 Å². The first-order valence-corrected chi connectivity index (χ1v) is 6.94. The summed E-state index contributed by atoms with van der Waals surface area (Å²) in [6.45, 7) is 0. The maximum absolute atomic E-state index is 12.3. The predicted molar refractivity (Wildman–Crippen MR) is 81.6 cm³/mol. The fourth-order valence-electron chi connectivity index (χ4n) is 1.95. The molecule has 98 valence electrons. The smallest absolute Gasteiger partial charge is 0.210 e. The highest BCUT2D eigenvalue weighted by atomic mass is 79.9. The number of carbonyl (C=O) groups excluding carboxylic acids is 1. The van der Waals surface area contributed by atoms with Crippen LogP contribution in [0.5, 0.6) is 0 Å². The van der Waals surface area contributed by atoms with Gasteiger partial charge in [-0.05, 0) is 18.2 Å². The van der Waals surface area contributed by atoms with E-state index in [0.717, 1.165) is 15.7 Å². The van der Waals surface area contributed by atoms with E-state index in [9.17, 15) is 4.79 Å². The van der Waals surface area contributed by atoms with Crippen LogP contribution in [0.25, 0.3) is 11.3 Å². The lowest BCUT2D eigenvalue weighted by Gasteiger charge is -1.96. The molecule has 0 atom stereocenters.